The minimum Gasteiger partial charge on any atom is -0.462 e. The normalized spacial score (nSPS) is 9.83. The Morgan fingerprint density at radius 3 is 3.00 bits per heavy atom. The third kappa shape index (κ3) is 2.11. The molecule has 1 aromatic rings. The van der Waals surface area contributed by atoms with Crippen molar-refractivity contribution < 1.29 is 9.53 Å². The van der Waals surface area contributed by atoms with E-state index in [4.69, 9.17) is 4.74 Å². The molecule has 0 aromatic carbocycles. The number of ether oxygens (including phenoxy) is 1. The van der Waals surface area contributed by atoms with Crippen molar-refractivity contribution in [2.45, 2.75) is 12.3 Å². The summed E-state index contributed by atoms with van der Waals surface area (Å²) >= 11 is 3.28. The minimum atomic E-state index is -0.277. The van der Waals surface area contributed by atoms with Crippen molar-refractivity contribution in [1.29, 1.82) is 0 Å². The molecule has 0 bridgehead atoms. The van der Waals surface area contributed by atoms with E-state index in [2.05, 4.69) is 20.9 Å². The molecule has 4 heteroatoms. The quantitative estimate of drug-likeness (QED) is 0.640. The van der Waals surface area contributed by atoms with Gasteiger partial charge in [0.1, 0.15) is 0 Å². The van der Waals surface area contributed by atoms with Crippen LogP contribution in [0, 0.1) is 0 Å². The van der Waals surface area contributed by atoms with Gasteiger partial charge in [-0.2, -0.15) is 0 Å². The Bertz CT molecular complexity index is 270. The fraction of sp³-hybridized carbons (Fsp3) is 0.375. The highest BCUT2D eigenvalue weighted by molar-refractivity contribution is 9.08. The Labute approximate surface area is 79.2 Å². The van der Waals surface area contributed by atoms with E-state index in [1.807, 2.05) is 0 Å². The first-order chi connectivity index (χ1) is 5.77. The van der Waals surface area contributed by atoms with Crippen molar-refractivity contribution in [3.8, 4) is 0 Å². The van der Waals surface area contributed by atoms with Gasteiger partial charge in [0.2, 0.25) is 0 Å². The van der Waals surface area contributed by atoms with Crippen LogP contribution in [0.25, 0.3) is 0 Å². The van der Waals surface area contributed by atoms with Crippen LogP contribution in [0.4, 0.5) is 0 Å². The number of H-pyrrole nitrogens is 1. The molecule has 1 aromatic heterocycles. The number of aromatic amines is 1. The zero-order valence-corrected chi connectivity index (χ0v) is 8.35. The van der Waals surface area contributed by atoms with Crippen LogP contribution >= 0.6 is 15.9 Å². The number of carbonyl (C=O) groups is 1. The predicted molar refractivity (Wildman–Crippen MR) is 49.4 cm³/mol. The number of halogens is 1. The van der Waals surface area contributed by atoms with Gasteiger partial charge in [0.05, 0.1) is 12.2 Å². The van der Waals surface area contributed by atoms with Gasteiger partial charge in [0.25, 0.3) is 0 Å². The summed E-state index contributed by atoms with van der Waals surface area (Å²) in [6.45, 7) is 2.20. The van der Waals surface area contributed by atoms with E-state index in [0.29, 0.717) is 17.5 Å². The van der Waals surface area contributed by atoms with Crippen LogP contribution in [0.3, 0.4) is 0 Å². The molecule has 0 atom stereocenters. The molecule has 0 spiro atoms. The summed E-state index contributed by atoms with van der Waals surface area (Å²) in [5.74, 6) is -0.277. The van der Waals surface area contributed by atoms with Crippen molar-refractivity contribution >= 4 is 21.9 Å². The molecular formula is C8H10BrNO2. The van der Waals surface area contributed by atoms with Crippen LogP contribution in [0.2, 0.25) is 0 Å². The van der Waals surface area contributed by atoms with Crippen LogP contribution in [-0.4, -0.2) is 17.6 Å². The summed E-state index contributed by atoms with van der Waals surface area (Å²) < 4.78 is 4.81. The van der Waals surface area contributed by atoms with Crippen molar-refractivity contribution in [3.05, 3.63) is 23.5 Å². The van der Waals surface area contributed by atoms with E-state index in [1.54, 1.807) is 19.2 Å². The van der Waals surface area contributed by atoms with Gasteiger partial charge in [-0.05, 0) is 13.0 Å². The summed E-state index contributed by atoms with van der Waals surface area (Å²) in [6, 6.07) is 1.77. The molecule has 12 heavy (non-hydrogen) atoms. The Hall–Kier alpha value is -0.770. The molecule has 0 aliphatic heterocycles. The molecule has 1 heterocycles. The van der Waals surface area contributed by atoms with E-state index in [-0.39, 0.29) is 5.97 Å². The molecule has 0 saturated carbocycles. The van der Waals surface area contributed by atoms with Crippen molar-refractivity contribution in [2.75, 3.05) is 6.61 Å². The van der Waals surface area contributed by atoms with Crippen LogP contribution in [0.15, 0.2) is 12.3 Å². The molecular weight excluding hydrogens is 222 g/mol. The van der Waals surface area contributed by atoms with Gasteiger partial charge in [0.15, 0.2) is 0 Å². The van der Waals surface area contributed by atoms with Crippen molar-refractivity contribution in [3.63, 3.8) is 0 Å². The second kappa shape index (κ2) is 4.30. The molecule has 3 nitrogen and oxygen atoms in total. The summed E-state index contributed by atoms with van der Waals surface area (Å²) in [7, 11) is 0. The minimum absolute atomic E-state index is 0.277. The molecule has 0 aliphatic carbocycles. The zero-order chi connectivity index (χ0) is 8.97. The Kier molecular flexibility index (Phi) is 3.34. The number of hydrogen-bond acceptors (Lipinski definition) is 2. The third-order valence-corrected chi connectivity index (χ3v) is 2.00. The van der Waals surface area contributed by atoms with Gasteiger partial charge >= 0.3 is 5.97 Å². The first-order valence-electron chi connectivity index (χ1n) is 3.68. The number of hydrogen-bond donors (Lipinski definition) is 1. The van der Waals surface area contributed by atoms with Gasteiger partial charge in [-0.3, -0.25) is 0 Å². The molecule has 1 N–H and O–H groups in total. The average Bonchev–Trinajstić information content (AvgIpc) is 2.52. The summed E-state index contributed by atoms with van der Waals surface area (Å²) in [5.41, 5.74) is 1.55. The van der Waals surface area contributed by atoms with E-state index in [1.165, 1.54) is 0 Å². The molecule has 0 unspecified atom stereocenters. The second-order valence-electron chi connectivity index (χ2n) is 2.27. The van der Waals surface area contributed by atoms with Crippen molar-refractivity contribution in [1.82, 2.24) is 4.98 Å². The van der Waals surface area contributed by atoms with Gasteiger partial charge < -0.3 is 9.72 Å². The lowest BCUT2D eigenvalue weighted by molar-refractivity contribution is 0.0526. The highest BCUT2D eigenvalue weighted by Gasteiger charge is 2.07. The zero-order valence-electron chi connectivity index (χ0n) is 6.76. The van der Waals surface area contributed by atoms with E-state index < -0.39 is 0 Å². The van der Waals surface area contributed by atoms with Gasteiger partial charge in [0, 0.05) is 17.2 Å². The third-order valence-electron chi connectivity index (χ3n) is 1.40. The van der Waals surface area contributed by atoms with E-state index >= 15 is 0 Å². The SMILES string of the molecule is CCOC(=O)c1c[nH]c(CBr)c1. The Balaban J connectivity index is 2.68. The number of nitrogens with one attached hydrogen (secondary N) is 1. The largest absolute Gasteiger partial charge is 0.462 e. The van der Waals surface area contributed by atoms with Gasteiger partial charge in [-0.25, -0.2) is 4.79 Å². The second-order valence-corrected chi connectivity index (χ2v) is 2.83. The Morgan fingerprint density at radius 1 is 1.75 bits per heavy atom. The maximum absolute atomic E-state index is 11.1. The molecule has 66 valence electrons. The number of alkyl halides is 1. The van der Waals surface area contributed by atoms with Gasteiger partial charge in [-0.15, -0.1) is 0 Å². The lowest BCUT2D eigenvalue weighted by Gasteiger charge is -1.96. The fourth-order valence-electron chi connectivity index (χ4n) is 0.851. The van der Waals surface area contributed by atoms with Crippen LogP contribution in [-0.2, 0) is 10.1 Å². The molecule has 0 amide bonds. The van der Waals surface area contributed by atoms with Crippen LogP contribution < -0.4 is 0 Å². The number of carbonyl (C=O) groups excluding carboxylic acids is 1. The molecule has 0 radical (unpaired) electrons. The van der Waals surface area contributed by atoms with E-state index in [0.717, 1.165) is 5.69 Å². The molecule has 0 aliphatic rings. The first-order valence-corrected chi connectivity index (χ1v) is 4.80. The summed E-state index contributed by atoms with van der Waals surface area (Å²) in [5, 5.41) is 0.715. The smallest absolute Gasteiger partial charge is 0.339 e. The summed E-state index contributed by atoms with van der Waals surface area (Å²) in [4.78, 5) is 14.1. The number of rotatable bonds is 3. The van der Waals surface area contributed by atoms with E-state index in [9.17, 15) is 4.79 Å². The van der Waals surface area contributed by atoms with Crippen molar-refractivity contribution in [2.24, 2.45) is 0 Å². The number of aromatic nitrogens is 1. The molecule has 0 fully saturated rings. The molecule has 0 saturated heterocycles. The monoisotopic (exact) mass is 231 g/mol. The maximum Gasteiger partial charge on any atom is 0.339 e. The lowest BCUT2D eigenvalue weighted by atomic mass is 10.3. The average molecular weight is 232 g/mol. The first kappa shape index (κ1) is 9.32. The molecule has 1 rings (SSSR count). The Morgan fingerprint density at radius 2 is 2.50 bits per heavy atom. The number of esters is 1. The van der Waals surface area contributed by atoms with Gasteiger partial charge in [-0.1, -0.05) is 15.9 Å². The highest BCUT2D eigenvalue weighted by Crippen LogP contribution is 2.08. The maximum atomic E-state index is 11.1. The predicted octanol–water partition coefficient (Wildman–Crippen LogP) is 2.09. The van der Waals surface area contributed by atoms with Crippen LogP contribution in [0.1, 0.15) is 23.0 Å². The highest BCUT2D eigenvalue weighted by atomic mass is 79.9. The van der Waals surface area contributed by atoms with Crippen LogP contribution in [0.5, 0.6) is 0 Å². The topological polar surface area (TPSA) is 42.1 Å². The lowest BCUT2D eigenvalue weighted by Crippen LogP contribution is -2.02. The fourth-order valence-corrected chi connectivity index (χ4v) is 1.17. The standard InChI is InChI=1S/C8H10BrNO2/c1-2-12-8(11)6-3-7(4-9)10-5-6/h3,5,10H,2,4H2,1H3. The summed E-state index contributed by atoms with van der Waals surface area (Å²) in [6.07, 6.45) is 1.65.